The summed E-state index contributed by atoms with van der Waals surface area (Å²) in [6, 6.07) is 3.15. The van der Waals surface area contributed by atoms with Crippen molar-refractivity contribution in [1.82, 2.24) is 4.90 Å². The van der Waals surface area contributed by atoms with Crippen molar-refractivity contribution in [3.63, 3.8) is 0 Å². The maximum Gasteiger partial charge on any atom is 0.256 e. The molecule has 1 aromatic carbocycles. The van der Waals surface area contributed by atoms with Crippen molar-refractivity contribution in [2.24, 2.45) is 5.92 Å². The Morgan fingerprint density at radius 2 is 1.80 bits per heavy atom. The van der Waals surface area contributed by atoms with Crippen molar-refractivity contribution in [2.75, 3.05) is 13.1 Å². The van der Waals surface area contributed by atoms with Gasteiger partial charge in [-0.1, -0.05) is 34.8 Å². The van der Waals surface area contributed by atoms with Crippen LogP contribution in [-0.4, -0.2) is 35.1 Å². The summed E-state index contributed by atoms with van der Waals surface area (Å²) < 4.78 is 0. The molecule has 1 aromatic rings. The number of hydrogen-bond donors (Lipinski definition) is 1. The summed E-state index contributed by atoms with van der Waals surface area (Å²) in [4.78, 5) is 14.2. The molecule has 1 unspecified atom stereocenters. The third-order valence-electron chi connectivity index (χ3n) is 3.77. The van der Waals surface area contributed by atoms with Crippen LogP contribution in [0.5, 0.6) is 0 Å². The molecule has 0 saturated carbocycles. The average molecular weight is 337 g/mol. The van der Waals surface area contributed by atoms with Gasteiger partial charge < -0.3 is 10.0 Å². The first kappa shape index (κ1) is 15.9. The molecular formula is C14H16Cl3NO2. The number of carbonyl (C=O) groups is 1. The van der Waals surface area contributed by atoms with Gasteiger partial charge in [0.1, 0.15) is 0 Å². The molecule has 1 aliphatic rings. The highest BCUT2D eigenvalue weighted by Crippen LogP contribution is 2.33. The first-order valence-electron chi connectivity index (χ1n) is 6.52. The normalized spacial score (nSPS) is 18.1. The zero-order chi connectivity index (χ0) is 14.9. The van der Waals surface area contributed by atoms with Gasteiger partial charge in [-0.3, -0.25) is 4.79 Å². The van der Waals surface area contributed by atoms with Gasteiger partial charge in [0, 0.05) is 13.1 Å². The quantitative estimate of drug-likeness (QED) is 0.833. The highest BCUT2D eigenvalue weighted by molar-refractivity contribution is 6.46. The number of halogens is 3. The number of amides is 1. The summed E-state index contributed by atoms with van der Waals surface area (Å²) in [6.07, 6.45) is 1.21. The molecule has 0 aromatic heterocycles. The number of aliphatic hydroxyl groups is 1. The van der Waals surface area contributed by atoms with Gasteiger partial charge in [0.15, 0.2) is 0 Å². The van der Waals surface area contributed by atoms with E-state index in [4.69, 9.17) is 34.8 Å². The Labute approximate surface area is 133 Å². The van der Waals surface area contributed by atoms with E-state index < -0.39 is 0 Å². The molecule has 1 saturated heterocycles. The molecule has 0 radical (unpaired) electrons. The molecule has 1 heterocycles. The molecule has 110 valence electrons. The standard InChI is InChI=1S/C14H16Cl3NO2/c1-8(19)9-4-6-18(7-5-9)14(20)12-10(15)2-3-11(16)13(12)17/h2-3,8-9,19H,4-7H2,1H3. The minimum atomic E-state index is -0.342. The van der Waals surface area contributed by atoms with Gasteiger partial charge in [0.05, 0.1) is 26.7 Å². The molecule has 20 heavy (non-hydrogen) atoms. The summed E-state index contributed by atoms with van der Waals surface area (Å²) >= 11 is 18.1. The molecule has 0 bridgehead atoms. The van der Waals surface area contributed by atoms with Crippen molar-refractivity contribution in [2.45, 2.75) is 25.9 Å². The summed E-state index contributed by atoms with van der Waals surface area (Å²) in [7, 11) is 0. The monoisotopic (exact) mass is 335 g/mol. The molecular weight excluding hydrogens is 321 g/mol. The molecule has 0 spiro atoms. The largest absolute Gasteiger partial charge is 0.393 e. The van der Waals surface area contributed by atoms with Crippen molar-refractivity contribution in [3.8, 4) is 0 Å². The average Bonchev–Trinajstić information content (AvgIpc) is 2.43. The maximum atomic E-state index is 12.5. The minimum absolute atomic E-state index is 0.196. The molecule has 1 atom stereocenters. The van der Waals surface area contributed by atoms with Crippen molar-refractivity contribution < 1.29 is 9.90 Å². The molecule has 1 aliphatic heterocycles. The molecule has 3 nitrogen and oxygen atoms in total. The zero-order valence-corrected chi connectivity index (χ0v) is 13.3. The van der Waals surface area contributed by atoms with Crippen LogP contribution in [0.15, 0.2) is 12.1 Å². The first-order chi connectivity index (χ1) is 9.41. The van der Waals surface area contributed by atoms with Crippen molar-refractivity contribution in [3.05, 3.63) is 32.8 Å². The number of likely N-dealkylation sites (tertiary alicyclic amines) is 1. The van der Waals surface area contributed by atoms with E-state index in [9.17, 15) is 9.90 Å². The topological polar surface area (TPSA) is 40.5 Å². The van der Waals surface area contributed by atoms with E-state index in [1.165, 1.54) is 0 Å². The second kappa shape index (κ2) is 6.52. The van der Waals surface area contributed by atoms with E-state index in [1.807, 2.05) is 0 Å². The highest BCUT2D eigenvalue weighted by Gasteiger charge is 2.28. The SMILES string of the molecule is CC(O)C1CCN(C(=O)c2c(Cl)ccc(Cl)c2Cl)CC1. The maximum absolute atomic E-state index is 12.5. The first-order valence-corrected chi connectivity index (χ1v) is 7.66. The van der Waals surface area contributed by atoms with Gasteiger partial charge >= 0.3 is 0 Å². The van der Waals surface area contributed by atoms with Crippen LogP contribution in [0.2, 0.25) is 15.1 Å². The molecule has 0 aliphatic carbocycles. The Bertz CT molecular complexity index is 511. The lowest BCUT2D eigenvalue weighted by Crippen LogP contribution is -2.41. The van der Waals surface area contributed by atoms with Crippen LogP contribution in [0, 0.1) is 5.92 Å². The van der Waals surface area contributed by atoms with Crippen LogP contribution in [-0.2, 0) is 0 Å². The van der Waals surface area contributed by atoms with E-state index in [0.29, 0.717) is 23.1 Å². The predicted molar refractivity (Wildman–Crippen MR) is 81.8 cm³/mol. The Morgan fingerprint density at radius 3 is 2.35 bits per heavy atom. The van der Waals surface area contributed by atoms with Crippen molar-refractivity contribution in [1.29, 1.82) is 0 Å². The fourth-order valence-corrected chi connectivity index (χ4v) is 3.16. The Balaban J connectivity index is 2.16. The molecule has 6 heteroatoms. The fraction of sp³-hybridized carbons (Fsp3) is 0.500. The van der Waals surface area contributed by atoms with Gasteiger partial charge in [-0.2, -0.15) is 0 Å². The number of piperidine rings is 1. The molecule has 1 fully saturated rings. The van der Waals surface area contributed by atoms with Gasteiger partial charge in [-0.25, -0.2) is 0 Å². The van der Waals surface area contributed by atoms with Gasteiger partial charge in [0.25, 0.3) is 5.91 Å². The van der Waals surface area contributed by atoms with Crippen LogP contribution in [0.3, 0.4) is 0 Å². The van der Waals surface area contributed by atoms with Crippen LogP contribution >= 0.6 is 34.8 Å². The number of carbonyl (C=O) groups excluding carboxylic acids is 1. The van der Waals surface area contributed by atoms with E-state index in [2.05, 4.69) is 0 Å². The molecule has 1 amide bonds. The number of hydrogen-bond acceptors (Lipinski definition) is 2. The lowest BCUT2D eigenvalue weighted by atomic mass is 9.92. The summed E-state index contributed by atoms with van der Waals surface area (Å²) in [6.45, 7) is 2.97. The van der Waals surface area contributed by atoms with E-state index in [-0.39, 0.29) is 28.5 Å². The van der Waals surface area contributed by atoms with Crippen LogP contribution in [0.25, 0.3) is 0 Å². The lowest BCUT2D eigenvalue weighted by molar-refractivity contribution is 0.0521. The van der Waals surface area contributed by atoms with Crippen LogP contribution in [0.1, 0.15) is 30.1 Å². The minimum Gasteiger partial charge on any atom is -0.393 e. The van der Waals surface area contributed by atoms with Gasteiger partial charge in [-0.15, -0.1) is 0 Å². The van der Waals surface area contributed by atoms with Gasteiger partial charge in [0.2, 0.25) is 0 Å². The molecule has 1 N–H and O–H groups in total. The van der Waals surface area contributed by atoms with Crippen molar-refractivity contribution >= 4 is 40.7 Å². The third kappa shape index (κ3) is 3.22. The van der Waals surface area contributed by atoms with E-state index in [1.54, 1.807) is 24.0 Å². The summed E-state index contributed by atoms with van der Waals surface area (Å²) in [5, 5.41) is 10.4. The van der Waals surface area contributed by atoms with E-state index in [0.717, 1.165) is 12.8 Å². The highest BCUT2D eigenvalue weighted by atomic mass is 35.5. The molecule has 2 rings (SSSR count). The third-order valence-corrected chi connectivity index (χ3v) is 4.89. The number of rotatable bonds is 2. The van der Waals surface area contributed by atoms with E-state index >= 15 is 0 Å². The Kier molecular flexibility index (Phi) is 5.19. The predicted octanol–water partition coefficient (Wildman–Crippen LogP) is 3.88. The Hall–Kier alpha value is -0.480. The number of aliphatic hydroxyl groups excluding tert-OH is 1. The van der Waals surface area contributed by atoms with Gasteiger partial charge in [-0.05, 0) is 37.8 Å². The Morgan fingerprint density at radius 1 is 1.25 bits per heavy atom. The second-order valence-electron chi connectivity index (χ2n) is 5.09. The number of benzene rings is 1. The fourth-order valence-electron chi connectivity index (χ4n) is 2.47. The lowest BCUT2D eigenvalue weighted by Gasteiger charge is -2.33. The summed E-state index contributed by atoms with van der Waals surface area (Å²) in [5.41, 5.74) is 0.260. The second-order valence-corrected chi connectivity index (χ2v) is 6.28. The summed E-state index contributed by atoms with van der Waals surface area (Å²) in [5.74, 6) is 0.0379. The van der Waals surface area contributed by atoms with Crippen LogP contribution in [0.4, 0.5) is 0 Å². The smallest absolute Gasteiger partial charge is 0.256 e. The number of nitrogens with zero attached hydrogens (tertiary/aromatic N) is 1. The zero-order valence-electron chi connectivity index (χ0n) is 11.1. The van der Waals surface area contributed by atoms with Crippen LogP contribution < -0.4 is 0 Å².